The Morgan fingerprint density at radius 1 is 0.913 bits per heavy atom. The van der Waals surface area contributed by atoms with Crippen molar-refractivity contribution in [2.75, 3.05) is 0 Å². The standard InChI is InChI=1S/C18H17N5/c1-17(2,10-20)13-5-14(18(3,4)11-21)7-15(6-13)23-12-22-9-16(23)8-19/h5-7,9,12H,1-4H3. The van der Waals surface area contributed by atoms with Crippen LogP contribution in [-0.2, 0) is 10.8 Å². The highest BCUT2D eigenvalue weighted by Crippen LogP contribution is 2.31. The van der Waals surface area contributed by atoms with Crippen LogP contribution in [0.4, 0.5) is 0 Å². The predicted molar refractivity (Wildman–Crippen MR) is 85.6 cm³/mol. The summed E-state index contributed by atoms with van der Waals surface area (Å²) in [6.45, 7) is 7.31. The average molecular weight is 303 g/mol. The van der Waals surface area contributed by atoms with Gasteiger partial charge in [-0.05, 0) is 51.0 Å². The molecule has 1 aromatic carbocycles. The Balaban J connectivity index is 2.77. The van der Waals surface area contributed by atoms with Gasteiger partial charge in [-0.3, -0.25) is 4.57 Å². The third-order valence-electron chi connectivity index (χ3n) is 3.95. The molecule has 0 saturated heterocycles. The highest BCUT2D eigenvalue weighted by Gasteiger charge is 2.26. The molecule has 0 radical (unpaired) electrons. The van der Waals surface area contributed by atoms with E-state index in [1.807, 2.05) is 45.9 Å². The molecule has 0 aliphatic heterocycles. The van der Waals surface area contributed by atoms with E-state index in [0.717, 1.165) is 16.8 Å². The molecule has 0 aliphatic carbocycles. The Hall–Kier alpha value is -3.10. The SMILES string of the molecule is CC(C)(C#N)c1cc(-n2cncc2C#N)cc(C(C)(C)C#N)c1. The van der Waals surface area contributed by atoms with Crippen molar-refractivity contribution < 1.29 is 0 Å². The maximum absolute atomic E-state index is 9.43. The summed E-state index contributed by atoms with van der Waals surface area (Å²) in [5.74, 6) is 0. The number of imidazole rings is 1. The minimum Gasteiger partial charge on any atom is -0.290 e. The number of hydrogen-bond donors (Lipinski definition) is 0. The smallest absolute Gasteiger partial charge is 0.144 e. The Morgan fingerprint density at radius 3 is 1.87 bits per heavy atom. The summed E-state index contributed by atoms with van der Waals surface area (Å²) in [5, 5.41) is 28.1. The van der Waals surface area contributed by atoms with Crippen molar-refractivity contribution in [2.45, 2.75) is 38.5 Å². The number of aromatic nitrogens is 2. The first-order chi connectivity index (χ1) is 10.7. The summed E-state index contributed by atoms with van der Waals surface area (Å²) in [5.41, 5.74) is 1.31. The molecule has 0 saturated carbocycles. The van der Waals surface area contributed by atoms with Crippen LogP contribution in [0.5, 0.6) is 0 Å². The Morgan fingerprint density at radius 2 is 1.43 bits per heavy atom. The lowest BCUT2D eigenvalue weighted by Gasteiger charge is -2.23. The van der Waals surface area contributed by atoms with E-state index in [-0.39, 0.29) is 0 Å². The molecular weight excluding hydrogens is 286 g/mol. The predicted octanol–water partition coefficient (Wildman–Crippen LogP) is 3.35. The lowest BCUT2D eigenvalue weighted by atomic mass is 9.80. The van der Waals surface area contributed by atoms with E-state index in [2.05, 4.69) is 23.2 Å². The molecule has 2 aromatic rings. The van der Waals surface area contributed by atoms with Gasteiger partial charge in [0.2, 0.25) is 0 Å². The Kier molecular flexibility index (Phi) is 3.96. The van der Waals surface area contributed by atoms with Crippen LogP contribution in [0.1, 0.15) is 44.5 Å². The average Bonchev–Trinajstić information content (AvgIpc) is 3.03. The van der Waals surface area contributed by atoms with Crippen molar-refractivity contribution >= 4 is 0 Å². The second kappa shape index (κ2) is 5.59. The van der Waals surface area contributed by atoms with Crippen LogP contribution in [-0.4, -0.2) is 9.55 Å². The van der Waals surface area contributed by atoms with Crippen LogP contribution in [0.2, 0.25) is 0 Å². The molecule has 1 aromatic heterocycles. The van der Waals surface area contributed by atoms with Crippen LogP contribution < -0.4 is 0 Å². The van der Waals surface area contributed by atoms with Crippen molar-refractivity contribution in [1.82, 2.24) is 9.55 Å². The molecule has 0 bridgehead atoms. The molecule has 0 aliphatic rings. The van der Waals surface area contributed by atoms with Crippen molar-refractivity contribution in [3.63, 3.8) is 0 Å². The molecule has 0 fully saturated rings. The van der Waals surface area contributed by atoms with Crippen LogP contribution in [0, 0.1) is 34.0 Å². The first-order valence-corrected chi connectivity index (χ1v) is 7.16. The first-order valence-electron chi connectivity index (χ1n) is 7.16. The van der Waals surface area contributed by atoms with E-state index in [9.17, 15) is 15.8 Å². The minimum atomic E-state index is -0.705. The van der Waals surface area contributed by atoms with E-state index in [4.69, 9.17) is 0 Å². The molecule has 5 nitrogen and oxygen atoms in total. The van der Waals surface area contributed by atoms with Gasteiger partial charge in [-0.1, -0.05) is 6.07 Å². The third-order valence-corrected chi connectivity index (χ3v) is 3.95. The molecule has 23 heavy (non-hydrogen) atoms. The second-order valence-corrected chi connectivity index (χ2v) is 6.50. The van der Waals surface area contributed by atoms with Crippen molar-refractivity contribution in [3.8, 4) is 23.9 Å². The minimum absolute atomic E-state index is 0.401. The van der Waals surface area contributed by atoms with Gasteiger partial charge >= 0.3 is 0 Å². The topological polar surface area (TPSA) is 89.2 Å². The van der Waals surface area contributed by atoms with Gasteiger partial charge in [-0.15, -0.1) is 0 Å². The van der Waals surface area contributed by atoms with Crippen LogP contribution in [0.15, 0.2) is 30.7 Å². The molecule has 0 unspecified atom stereocenters. The van der Waals surface area contributed by atoms with Gasteiger partial charge < -0.3 is 0 Å². The molecule has 114 valence electrons. The van der Waals surface area contributed by atoms with Gasteiger partial charge in [0, 0.05) is 5.69 Å². The van der Waals surface area contributed by atoms with Gasteiger partial charge in [0.25, 0.3) is 0 Å². The molecule has 0 N–H and O–H groups in total. The zero-order valence-corrected chi connectivity index (χ0v) is 13.6. The van der Waals surface area contributed by atoms with Crippen LogP contribution in [0.3, 0.4) is 0 Å². The van der Waals surface area contributed by atoms with Crippen molar-refractivity contribution in [1.29, 1.82) is 15.8 Å². The highest BCUT2D eigenvalue weighted by atomic mass is 15.0. The Labute approximate surface area is 136 Å². The Bertz CT molecular complexity index is 822. The monoisotopic (exact) mass is 303 g/mol. The fourth-order valence-corrected chi connectivity index (χ4v) is 2.18. The maximum Gasteiger partial charge on any atom is 0.144 e. The fraction of sp³-hybridized carbons (Fsp3) is 0.333. The van der Waals surface area contributed by atoms with Crippen molar-refractivity contribution in [3.05, 3.63) is 47.5 Å². The summed E-state index contributed by atoms with van der Waals surface area (Å²) < 4.78 is 1.66. The molecule has 0 amide bonds. The summed E-state index contributed by atoms with van der Waals surface area (Å²) in [6, 6.07) is 12.3. The zero-order chi connectivity index (χ0) is 17.3. The maximum atomic E-state index is 9.43. The second-order valence-electron chi connectivity index (χ2n) is 6.50. The fourth-order valence-electron chi connectivity index (χ4n) is 2.18. The molecule has 5 heteroatoms. The van der Waals surface area contributed by atoms with Gasteiger partial charge in [0.15, 0.2) is 0 Å². The van der Waals surface area contributed by atoms with E-state index < -0.39 is 10.8 Å². The van der Waals surface area contributed by atoms with E-state index in [1.165, 1.54) is 6.20 Å². The quantitative estimate of drug-likeness (QED) is 0.869. The molecule has 1 heterocycles. The molecule has 0 atom stereocenters. The normalized spacial score (nSPS) is 11.3. The number of hydrogen-bond acceptors (Lipinski definition) is 4. The lowest BCUT2D eigenvalue weighted by Crippen LogP contribution is -2.19. The summed E-state index contributed by atoms with van der Waals surface area (Å²) in [7, 11) is 0. The summed E-state index contributed by atoms with van der Waals surface area (Å²) in [4.78, 5) is 4.00. The van der Waals surface area contributed by atoms with Crippen molar-refractivity contribution in [2.24, 2.45) is 0 Å². The third kappa shape index (κ3) is 2.93. The first kappa shape index (κ1) is 16.3. The lowest BCUT2D eigenvalue weighted by molar-refractivity contribution is 0.660. The molecular formula is C18H17N5. The molecule has 0 spiro atoms. The van der Waals surface area contributed by atoms with Gasteiger partial charge in [0.1, 0.15) is 18.1 Å². The summed E-state index contributed by atoms with van der Waals surface area (Å²) >= 11 is 0. The summed E-state index contributed by atoms with van der Waals surface area (Å²) in [6.07, 6.45) is 3.04. The number of nitriles is 3. The van der Waals surface area contributed by atoms with E-state index in [0.29, 0.717) is 5.69 Å². The largest absolute Gasteiger partial charge is 0.290 e. The number of nitrogens with zero attached hydrogens (tertiary/aromatic N) is 5. The number of rotatable bonds is 3. The van der Waals surface area contributed by atoms with Crippen LogP contribution in [0.25, 0.3) is 5.69 Å². The molecule has 2 rings (SSSR count). The van der Waals surface area contributed by atoms with Crippen LogP contribution >= 0.6 is 0 Å². The van der Waals surface area contributed by atoms with E-state index >= 15 is 0 Å². The zero-order valence-electron chi connectivity index (χ0n) is 13.6. The van der Waals surface area contributed by atoms with Gasteiger partial charge in [0.05, 0.1) is 29.2 Å². The van der Waals surface area contributed by atoms with E-state index in [1.54, 1.807) is 10.9 Å². The van der Waals surface area contributed by atoms with Gasteiger partial charge in [-0.2, -0.15) is 15.8 Å². The van der Waals surface area contributed by atoms with Gasteiger partial charge in [-0.25, -0.2) is 4.98 Å². The highest BCUT2D eigenvalue weighted by molar-refractivity contribution is 5.49. The number of benzene rings is 1.